The Kier molecular flexibility index (Phi) is 14.8. The average molecular weight is 495 g/mol. The van der Waals surface area contributed by atoms with Gasteiger partial charge in [-0.25, -0.2) is 4.99 Å². The van der Waals surface area contributed by atoms with Crippen LogP contribution in [0.4, 0.5) is 0 Å². The number of nitrogens with one attached hydrogen (secondary N) is 2. The van der Waals surface area contributed by atoms with Crippen molar-refractivity contribution in [2.24, 2.45) is 4.99 Å². The van der Waals surface area contributed by atoms with Crippen molar-refractivity contribution in [2.45, 2.75) is 32.7 Å². The lowest BCUT2D eigenvalue weighted by molar-refractivity contribution is 0.192. The van der Waals surface area contributed by atoms with Crippen LogP contribution in [0.3, 0.4) is 0 Å². The van der Waals surface area contributed by atoms with Gasteiger partial charge in [0, 0.05) is 26.8 Å². The molecule has 8 heteroatoms. The molecule has 0 aromatic heterocycles. The molecule has 0 unspecified atom stereocenters. The van der Waals surface area contributed by atoms with Crippen molar-refractivity contribution in [2.75, 3.05) is 48.1 Å². The molecule has 0 aliphatic rings. The van der Waals surface area contributed by atoms with Gasteiger partial charge in [0.05, 0.1) is 27.9 Å². The second-order valence-corrected chi connectivity index (χ2v) is 5.71. The molecule has 0 bridgehead atoms. The zero-order valence-corrected chi connectivity index (χ0v) is 19.4. The normalized spacial score (nSPS) is 10.8. The molecule has 1 aromatic rings. The van der Waals surface area contributed by atoms with Crippen LogP contribution in [0.5, 0.6) is 17.2 Å². The van der Waals surface area contributed by atoms with Crippen molar-refractivity contribution in [3.63, 3.8) is 0 Å². The van der Waals surface area contributed by atoms with Crippen molar-refractivity contribution < 1.29 is 18.9 Å². The molecule has 0 fully saturated rings. The van der Waals surface area contributed by atoms with Gasteiger partial charge in [0.1, 0.15) is 0 Å². The Labute approximate surface area is 180 Å². The second-order valence-electron chi connectivity index (χ2n) is 5.71. The molecule has 156 valence electrons. The predicted octanol–water partition coefficient (Wildman–Crippen LogP) is 3.20. The fraction of sp³-hybridized carbons (Fsp3) is 0.632. The number of rotatable bonds is 12. The van der Waals surface area contributed by atoms with Gasteiger partial charge in [0.15, 0.2) is 17.5 Å². The zero-order valence-electron chi connectivity index (χ0n) is 17.1. The summed E-state index contributed by atoms with van der Waals surface area (Å²) in [5.41, 5.74) is 0.983. The van der Waals surface area contributed by atoms with Gasteiger partial charge in [-0.2, -0.15) is 0 Å². The third kappa shape index (κ3) is 9.37. The van der Waals surface area contributed by atoms with E-state index in [4.69, 9.17) is 18.9 Å². The summed E-state index contributed by atoms with van der Waals surface area (Å²) in [4.78, 5) is 4.64. The summed E-state index contributed by atoms with van der Waals surface area (Å²) in [6.07, 6.45) is 3.29. The third-order valence-electron chi connectivity index (χ3n) is 3.81. The molecule has 1 aromatic carbocycles. The number of aliphatic imine (C=N–C) groups is 1. The lowest BCUT2D eigenvalue weighted by Gasteiger charge is -2.14. The number of halogens is 1. The van der Waals surface area contributed by atoms with Gasteiger partial charge in [0.2, 0.25) is 5.75 Å². The van der Waals surface area contributed by atoms with Gasteiger partial charge in [0.25, 0.3) is 0 Å². The summed E-state index contributed by atoms with van der Waals surface area (Å²) in [6, 6.07) is 3.83. The van der Waals surface area contributed by atoms with Crippen LogP contribution in [-0.2, 0) is 11.3 Å². The molecule has 0 amide bonds. The molecule has 0 saturated heterocycles. The average Bonchev–Trinajstić information content (AvgIpc) is 2.67. The highest BCUT2D eigenvalue weighted by Gasteiger charge is 2.13. The number of guanidine groups is 1. The SMILES string of the molecule is CCNC(=NCc1cc(OC)c(OC)c(OC)c1)NCCCCCOC.I. The highest BCUT2D eigenvalue weighted by Crippen LogP contribution is 2.38. The van der Waals surface area contributed by atoms with E-state index < -0.39 is 0 Å². The van der Waals surface area contributed by atoms with Gasteiger partial charge in [-0.15, -0.1) is 24.0 Å². The predicted molar refractivity (Wildman–Crippen MR) is 120 cm³/mol. The maximum atomic E-state index is 5.39. The van der Waals surface area contributed by atoms with E-state index in [-0.39, 0.29) is 24.0 Å². The van der Waals surface area contributed by atoms with Gasteiger partial charge in [-0.05, 0) is 43.9 Å². The Morgan fingerprint density at radius 2 is 1.59 bits per heavy atom. The Morgan fingerprint density at radius 1 is 0.926 bits per heavy atom. The Bertz CT molecular complexity index is 531. The van der Waals surface area contributed by atoms with E-state index in [0.717, 1.165) is 50.5 Å². The second kappa shape index (κ2) is 15.6. The van der Waals surface area contributed by atoms with Crippen molar-refractivity contribution >= 4 is 29.9 Å². The summed E-state index contributed by atoms with van der Waals surface area (Å²) >= 11 is 0. The van der Waals surface area contributed by atoms with E-state index in [0.29, 0.717) is 23.8 Å². The number of benzene rings is 1. The molecule has 7 nitrogen and oxygen atoms in total. The molecule has 0 aliphatic carbocycles. The van der Waals surface area contributed by atoms with Crippen molar-refractivity contribution in [1.29, 1.82) is 0 Å². The molecule has 0 aliphatic heterocycles. The first-order chi connectivity index (χ1) is 12.7. The van der Waals surface area contributed by atoms with Crippen LogP contribution < -0.4 is 24.8 Å². The van der Waals surface area contributed by atoms with Crippen LogP contribution in [0.2, 0.25) is 0 Å². The molecule has 1 rings (SSSR count). The first-order valence-corrected chi connectivity index (χ1v) is 9.00. The summed E-state index contributed by atoms with van der Waals surface area (Å²) in [6.45, 7) is 5.07. The van der Waals surface area contributed by atoms with E-state index >= 15 is 0 Å². The highest BCUT2D eigenvalue weighted by molar-refractivity contribution is 14.0. The van der Waals surface area contributed by atoms with Crippen molar-refractivity contribution in [3.05, 3.63) is 17.7 Å². The van der Waals surface area contributed by atoms with Crippen LogP contribution >= 0.6 is 24.0 Å². The number of ether oxygens (including phenoxy) is 4. The molecular formula is C19H34IN3O4. The van der Waals surface area contributed by atoms with Gasteiger partial charge in [-0.1, -0.05) is 0 Å². The first-order valence-electron chi connectivity index (χ1n) is 9.00. The monoisotopic (exact) mass is 495 g/mol. The summed E-state index contributed by atoms with van der Waals surface area (Å²) in [5, 5.41) is 6.62. The maximum Gasteiger partial charge on any atom is 0.203 e. The largest absolute Gasteiger partial charge is 0.493 e. The van der Waals surface area contributed by atoms with Crippen LogP contribution in [0.1, 0.15) is 31.7 Å². The number of hydrogen-bond donors (Lipinski definition) is 2. The van der Waals surface area contributed by atoms with E-state index in [1.807, 2.05) is 12.1 Å². The molecule has 2 N–H and O–H groups in total. The minimum Gasteiger partial charge on any atom is -0.493 e. The number of unbranched alkanes of at least 4 members (excludes halogenated alkanes) is 2. The van der Waals surface area contributed by atoms with Gasteiger partial charge in [-0.3, -0.25) is 0 Å². The number of hydrogen-bond acceptors (Lipinski definition) is 5. The number of nitrogens with zero attached hydrogens (tertiary/aromatic N) is 1. The first kappa shape index (κ1) is 25.6. The van der Waals surface area contributed by atoms with Crippen LogP contribution in [0.15, 0.2) is 17.1 Å². The molecule has 0 atom stereocenters. The lowest BCUT2D eigenvalue weighted by Crippen LogP contribution is -2.37. The minimum atomic E-state index is 0. The van der Waals surface area contributed by atoms with E-state index in [2.05, 4.69) is 22.5 Å². The van der Waals surface area contributed by atoms with Gasteiger partial charge >= 0.3 is 0 Å². The Hall–Kier alpha value is -1.42. The standard InChI is InChI=1S/C19H33N3O4.HI/c1-6-20-19(21-10-8-7-9-11-23-2)22-14-15-12-16(24-3)18(26-5)17(13-15)25-4;/h12-13H,6-11,14H2,1-5H3,(H2,20,21,22);1H. The highest BCUT2D eigenvalue weighted by atomic mass is 127. The number of methoxy groups -OCH3 is 4. The molecular weight excluding hydrogens is 461 g/mol. The minimum absolute atomic E-state index is 0. The van der Waals surface area contributed by atoms with E-state index in [1.54, 1.807) is 28.4 Å². The summed E-state index contributed by atoms with van der Waals surface area (Å²) in [7, 11) is 6.55. The van der Waals surface area contributed by atoms with E-state index in [1.165, 1.54) is 0 Å². The molecule has 0 heterocycles. The van der Waals surface area contributed by atoms with Gasteiger partial charge < -0.3 is 29.6 Å². The quantitative estimate of drug-likeness (QED) is 0.201. The fourth-order valence-electron chi connectivity index (χ4n) is 2.49. The molecule has 0 saturated carbocycles. The van der Waals surface area contributed by atoms with Crippen LogP contribution in [0, 0.1) is 0 Å². The van der Waals surface area contributed by atoms with Crippen molar-refractivity contribution in [3.8, 4) is 17.2 Å². The lowest BCUT2D eigenvalue weighted by atomic mass is 10.2. The summed E-state index contributed by atoms with van der Waals surface area (Å²) < 4.78 is 21.2. The topological polar surface area (TPSA) is 73.3 Å². The molecule has 27 heavy (non-hydrogen) atoms. The van der Waals surface area contributed by atoms with Crippen LogP contribution in [0.25, 0.3) is 0 Å². The maximum absolute atomic E-state index is 5.39. The van der Waals surface area contributed by atoms with Crippen molar-refractivity contribution in [1.82, 2.24) is 10.6 Å². The fourth-order valence-corrected chi connectivity index (χ4v) is 2.49. The Balaban J connectivity index is 0.00000676. The molecule has 0 spiro atoms. The Morgan fingerprint density at radius 3 is 2.11 bits per heavy atom. The third-order valence-corrected chi connectivity index (χ3v) is 3.81. The van der Waals surface area contributed by atoms with E-state index in [9.17, 15) is 0 Å². The smallest absolute Gasteiger partial charge is 0.203 e. The van der Waals surface area contributed by atoms with Crippen LogP contribution in [-0.4, -0.2) is 54.1 Å². The summed E-state index contributed by atoms with van der Waals surface area (Å²) in [5.74, 6) is 2.65. The zero-order chi connectivity index (χ0) is 19.2. The molecule has 0 radical (unpaired) electrons.